The summed E-state index contributed by atoms with van der Waals surface area (Å²) in [6, 6.07) is 5.66. The van der Waals surface area contributed by atoms with Crippen LogP contribution in [0, 0.1) is 0 Å². The fourth-order valence-corrected chi connectivity index (χ4v) is 4.67. The molecule has 0 amide bonds. The van der Waals surface area contributed by atoms with Crippen molar-refractivity contribution in [3.8, 4) is 0 Å². The molecule has 0 aromatic heterocycles. The molecule has 0 radical (unpaired) electrons. The maximum atomic E-state index is 12.6. The van der Waals surface area contributed by atoms with Crippen molar-refractivity contribution in [1.29, 1.82) is 0 Å². The lowest BCUT2D eigenvalue weighted by Crippen LogP contribution is -2.39. The van der Waals surface area contributed by atoms with Crippen molar-refractivity contribution in [2.24, 2.45) is 0 Å². The van der Waals surface area contributed by atoms with Crippen LogP contribution in [0.4, 0.5) is 5.69 Å². The summed E-state index contributed by atoms with van der Waals surface area (Å²) >= 11 is 0. The van der Waals surface area contributed by atoms with E-state index in [0.717, 1.165) is 12.8 Å². The van der Waals surface area contributed by atoms with E-state index in [2.05, 4.69) is 0 Å². The van der Waals surface area contributed by atoms with Gasteiger partial charge < -0.3 is 10.2 Å². The first kappa shape index (κ1) is 15.8. The summed E-state index contributed by atoms with van der Waals surface area (Å²) in [5.74, 6) is -1.06. The van der Waals surface area contributed by atoms with Crippen LogP contribution in [0.3, 0.4) is 0 Å². The summed E-state index contributed by atoms with van der Waals surface area (Å²) in [5, 5.41) is 17.6. The molecule has 1 saturated carbocycles. The molecular weight excluding hydrogens is 294 g/mol. The Kier molecular flexibility index (Phi) is 4.84. The molecule has 0 saturated heterocycles. The van der Waals surface area contributed by atoms with Gasteiger partial charge in [-0.2, -0.15) is 0 Å². The average molecular weight is 313 g/mol. The lowest BCUT2D eigenvalue weighted by Gasteiger charge is -2.27. The van der Waals surface area contributed by atoms with Crippen molar-refractivity contribution < 1.29 is 23.4 Å². The molecule has 7 heteroatoms. The molecule has 6 nitrogen and oxygen atoms in total. The molecule has 2 rings (SSSR count). The third-order valence-electron chi connectivity index (χ3n) is 3.74. The Balaban J connectivity index is 2.31. The smallest absolute Gasteiger partial charge is 0.335 e. The first-order valence-electron chi connectivity index (χ1n) is 6.92. The predicted octanol–water partition coefficient (Wildman–Crippen LogP) is 1.46. The first-order valence-corrected chi connectivity index (χ1v) is 8.43. The summed E-state index contributed by atoms with van der Waals surface area (Å²) in [5.41, 5.74) is 0.488. The highest BCUT2D eigenvalue weighted by Gasteiger charge is 2.34. The number of carboxylic acids is 1. The van der Waals surface area contributed by atoms with E-state index in [1.165, 1.54) is 28.6 Å². The van der Waals surface area contributed by atoms with Gasteiger partial charge in [0.15, 0.2) is 0 Å². The van der Waals surface area contributed by atoms with Gasteiger partial charge in [-0.15, -0.1) is 0 Å². The minimum atomic E-state index is -3.52. The van der Waals surface area contributed by atoms with Gasteiger partial charge in [0.1, 0.15) is 0 Å². The minimum Gasteiger partial charge on any atom is -0.478 e. The molecule has 116 valence electrons. The van der Waals surface area contributed by atoms with Crippen LogP contribution in [0.1, 0.15) is 36.0 Å². The summed E-state index contributed by atoms with van der Waals surface area (Å²) in [6.45, 7) is -0.308. The lowest BCUT2D eigenvalue weighted by molar-refractivity contribution is 0.0697. The summed E-state index contributed by atoms with van der Waals surface area (Å²) < 4.78 is 26.5. The molecule has 1 fully saturated rings. The Bertz CT molecular complexity index is 590. The SMILES string of the molecule is O=C(O)c1ccc(N(CCO)S(=O)(=O)C2CCCC2)cc1. The van der Waals surface area contributed by atoms with E-state index >= 15 is 0 Å². The molecule has 1 aliphatic rings. The van der Waals surface area contributed by atoms with Gasteiger partial charge in [0, 0.05) is 0 Å². The number of sulfonamides is 1. The van der Waals surface area contributed by atoms with Gasteiger partial charge in [0.25, 0.3) is 0 Å². The van der Waals surface area contributed by atoms with Crippen LogP contribution in [0.25, 0.3) is 0 Å². The fraction of sp³-hybridized carbons (Fsp3) is 0.500. The van der Waals surface area contributed by atoms with Crippen molar-refractivity contribution >= 4 is 21.7 Å². The van der Waals surface area contributed by atoms with E-state index in [9.17, 15) is 13.2 Å². The number of carboxylic acid groups (broad SMARTS) is 1. The van der Waals surface area contributed by atoms with Crippen molar-refractivity contribution in [3.63, 3.8) is 0 Å². The average Bonchev–Trinajstić information content (AvgIpc) is 2.99. The molecule has 0 heterocycles. The fourth-order valence-electron chi connectivity index (χ4n) is 2.63. The van der Waals surface area contributed by atoms with Gasteiger partial charge in [-0.25, -0.2) is 13.2 Å². The van der Waals surface area contributed by atoms with Crippen LogP contribution in [0.5, 0.6) is 0 Å². The number of aliphatic hydroxyl groups is 1. The Morgan fingerprint density at radius 2 is 1.76 bits per heavy atom. The second kappa shape index (κ2) is 6.44. The van der Waals surface area contributed by atoms with Crippen molar-refractivity contribution in [1.82, 2.24) is 0 Å². The molecule has 2 N–H and O–H groups in total. The molecule has 0 atom stereocenters. The van der Waals surface area contributed by atoms with Crippen LogP contribution in [0.15, 0.2) is 24.3 Å². The topological polar surface area (TPSA) is 94.9 Å². The van der Waals surface area contributed by atoms with Crippen LogP contribution in [-0.4, -0.2) is 43.0 Å². The van der Waals surface area contributed by atoms with Gasteiger partial charge in [0.2, 0.25) is 10.0 Å². The van der Waals surface area contributed by atoms with Crippen LogP contribution in [0.2, 0.25) is 0 Å². The summed E-state index contributed by atoms with van der Waals surface area (Å²) in [4.78, 5) is 10.8. The second-order valence-electron chi connectivity index (χ2n) is 5.10. The zero-order valence-corrected chi connectivity index (χ0v) is 12.4. The number of benzene rings is 1. The van der Waals surface area contributed by atoms with Crippen LogP contribution >= 0.6 is 0 Å². The van der Waals surface area contributed by atoms with Crippen molar-refractivity contribution in [2.45, 2.75) is 30.9 Å². The van der Waals surface area contributed by atoms with Gasteiger partial charge in [-0.05, 0) is 37.1 Å². The third kappa shape index (κ3) is 3.36. The molecule has 1 aromatic rings. The number of carbonyl (C=O) groups is 1. The molecule has 0 aliphatic heterocycles. The van der Waals surface area contributed by atoms with E-state index in [0.29, 0.717) is 18.5 Å². The predicted molar refractivity (Wildman–Crippen MR) is 79.0 cm³/mol. The highest BCUT2D eigenvalue weighted by atomic mass is 32.2. The molecule has 1 aliphatic carbocycles. The van der Waals surface area contributed by atoms with E-state index in [-0.39, 0.29) is 18.7 Å². The van der Waals surface area contributed by atoms with Crippen molar-refractivity contribution in [3.05, 3.63) is 29.8 Å². The van der Waals surface area contributed by atoms with Crippen LogP contribution < -0.4 is 4.31 Å². The van der Waals surface area contributed by atoms with E-state index in [1.54, 1.807) is 0 Å². The normalized spacial score (nSPS) is 16.0. The van der Waals surface area contributed by atoms with Crippen molar-refractivity contribution in [2.75, 3.05) is 17.5 Å². The standard InChI is InChI=1S/C14H19NO5S/c16-10-9-15(21(19,20)13-3-1-2-4-13)12-7-5-11(6-8-12)14(17)18/h5-8,13,16H,1-4,9-10H2,(H,17,18). The van der Waals surface area contributed by atoms with E-state index in [1.807, 2.05) is 0 Å². The minimum absolute atomic E-state index is 0.0226. The largest absolute Gasteiger partial charge is 0.478 e. The Morgan fingerprint density at radius 1 is 1.19 bits per heavy atom. The molecule has 0 spiro atoms. The number of aliphatic hydroxyl groups excluding tert-OH is 1. The zero-order chi connectivity index (χ0) is 15.5. The van der Waals surface area contributed by atoms with E-state index in [4.69, 9.17) is 10.2 Å². The van der Waals surface area contributed by atoms with Gasteiger partial charge in [-0.3, -0.25) is 4.31 Å². The number of nitrogens with zero attached hydrogens (tertiary/aromatic N) is 1. The second-order valence-corrected chi connectivity index (χ2v) is 7.24. The Labute approximate surface area is 124 Å². The molecule has 21 heavy (non-hydrogen) atoms. The number of hydrogen-bond acceptors (Lipinski definition) is 4. The summed E-state index contributed by atoms with van der Waals surface area (Å²) in [6.07, 6.45) is 3.07. The van der Waals surface area contributed by atoms with Gasteiger partial charge >= 0.3 is 5.97 Å². The van der Waals surface area contributed by atoms with E-state index < -0.39 is 21.2 Å². The van der Waals surface area contributed by atoms with Gasteiger partial charge in [0.05, 0.1) is 29.7 Å². The Hall–Kier alpha value is -1.60. The highest BCUT2D eigenvalue weighted by molar-refractivity contribution is 7.93. The first-order chi connectivity index (χ1) is 9.96. The zero-order valence-electron chi connectivity index (χ0n) is 11.6. The van der Waals surface area contributed by atoms with Crippen LogP contribution in [-0.2, 0) is 10.0 Å². The number of hydrogen-bond donors (Lipinski definition) is 2. The highest BCUT2D eigenvalue weighted by Crippen LogP contribution is 2.30. The van der Waals surface area contributed by atoms with Gasteiger partial charge in [-0.1, -0.05) is 12.8 Å². The summed E-state index contributed by atoms with van der Waals surface area (Å²) in [7, 11) is -3.52. The molecule has 1 aromatic carbocycles. The number of aromatic carboxylic acids is 1. The molecule has 0 bridgehead atoms. The third-order valence-corrected chi connectivity index (χ3v) is 6.06. The maximum absolute atomic E-state index is 12.6. The monoisotopic (exact) mass is 313 g/mol. The lowest BCUT2D eigenvalue weighted by atomic mass is 10.2. The molecule has 0 unspecified atom stereocenters. The Morgan fingerprint density at radius 3 is 2.24 bits per heavy atom. The maximum Gasteiger partial charge on any atom is 0.335 e. The molecular formula is C14H19NO5S. The quantitative estimate of drug-likeness (QED) is 0.829. The number of anilines is 1. The number of rotatable bonds is 6.